The van der Waals surface area contributed by atoms with E-state index in [4.69, 9.17) is 0 Å². The van der Waals surface area contributed by atoms with E-state index in [2.05, 4.69) is 0 Å². The molecule has 9 heteroatoms. The maximum Gasteiger partial charge on any atom is 0.200 e. The quantitative estimate of drug-likeness (QED) is 0.258. The van der Waals surface area contributed by atoms with Crippen molar-refractivity contribution in [2.45, 2.75) is 35.1 Å². The van der Waals surface area contributed by atoms with Crippen molar-refractivity contribution in [3.05, 3.63) is 108 Å². The number of hydrogen-bond acceptors (Lipinski definition) is 9. The van der Waals surface area contributed by atoms with Crippen LogP contribution in [0.15, 0.2) is 91.0 Å². The van der Waals surface area contributed by atoms with Crippen LogP contribution >= 0.6 is 0 Å². The molecule has 0 radical (unpaired) electrons. The lowest BCUT2D eigenvalue weighted by Gasteiger charge is -2.56. The van der Waals surface area contributed by atoms with E-state index in [1.54, 1.807) is 12.1 Å². The van der Waals surface area contributed by atoms with Crippen LogP contribution in [0.25, 0.3) is 0 Å². The molecule has 0 amide bonds. The smallest absolute Gasteiger partial charge is 0.200 e. The lowest BCUT2D eigenvalue weighted by atomic mass is 9.55. The van der Waals surface area contributed by atoms with Crippen molar-refractivity contribution in [3.8, 4) is 0 Å². The van der Waals surface area contributed by atoms with Gasteiger partial charge in [0.05, 0.1) is 0 Å². The number of carbonyl (C=O) groups excluding carboxylic acids is 3. The average molecular weight is 492 g/mol. The zero-order valence-electron chi connectivity index (χ0n) is 18.8. The summed E-state index contributed by atoms with van der Waals surface area (Å²) in [6.45, 7) is 0. The number of aliphatic hydroxyl groups excluding tert-OH is 3. The molecule has 3 aromatic rings. The highest BCUT2D eigenvalue weighted by Gasteiger charge is 2.78. The van der Waals surface area contributed by atoms with Gasteiger partial charge < -0.3 is 30.6 Å². The summed E-state index contributed by atoms with van der Waals surface area (Å²) in [7, 11) is 0. The van der Waals surface area contributed by atoms with Gasteiger partial charge in [0.25, 0.3) is 0 Å². The van der Waals surface area contributed by atoms with Crippen molar-refractivity contribution in [1.29, 1.82) is 0 Å². The monoisotopic (exact) mass is 492 g/mol. The summed E-state index contributed by atoms with van der Waals surface area (Å²) in [6.07, 6.45) is -8.44. The molecule has 0 heterocycles. The third kappa shape index (κ3) is 3.45. The second-order valence-electron chi connectivity index (χ2n) is 8.74. The van der Waals surface area contributed by atoms with Crippen molar-refractivity contribution >= 4 is 17.3 Å². The molecule has 9 nitrogen and oxygen atoms in total. The summed E-state index contributed by atoms with van der Waals surface area (Å²) in [6, 6.07) is 20.4. The molecule has 0 spiro atoms. The summed E-state index contributed by atoms with van der Waals surface area (Å²) in [4.78, 5) is 40.5. The maximum atomic E-state index is 13.6. The van der Waals surface area contributed by atoms with Gasteiger partial charge in [-0.1, -0.05) is 91.0 Å². The summed E-state index contributed by atoms with van der Waals surface area (Å²) >= 11 is 0. The van der Waals surface area contributed by atoms with E-state index in [0.717, 1.165) is 0 Å². The largest absolute Gasteiger partial charge is 0.387 e. The van der Waals surface area contributed by atoms with Gasteiger partial charge in [-0.2, -0.15) is 0 Å². The van der Waals surface area contributed by atoms with Crippen LogP contribution in [0.3, 0.4) is 0 Å². The average Bonchev–Trinajstić information content (AvgIpc) is 2.94. The van der Waals surface area contributed by atoms with Crippen LogP contribution in [0.4, 0.5) is 0 Å². The lowest BCUT2D eigenvalue weighted by Crippen LogP contribution is -2.87. The second-order valence-corrected chi connectivity index (χ2v) is 8.74. The van der Waals surface area contributed by atoms with Crippen LogP contribution in [0.5, 0.6) is 0 Å². The molecule has 1 aliphatic rings. The van der Waals surface area contributed by atoms with Gasteiger partial charge in [-0.15, -0.1) is 0 Å². The Morgan fingerprint density at radius 2 is 0.833 bits per heavy atom. The first-order valence-corrected chi connectivity index (χ1v) is 11.0. The SMILES string of the molecule is O=C(c1ccccc1)[C@]1(O)[C@H](O)[C@H](O)[C@@](O)(C(=O)c2ccccc2)[C@](O)(C(=O)c2ccccc2)[C@@H]1O. The van der Waals surface area contributed by atoms with E-state index in [9.17, 15) is 45.0 Å². The molecule has 1 aliphatic carbocycles. The standard InChI is InChI=1S/C27H24O9/c28-19(16-10-4-1-5-11-16)25(34)22(31)23(32)26(35,20(29)17-12-6-2-7-13-17)27(36,24(25)33)21(30)18-14-8-3-9-15-18/h1-15,22-24,31-36H/t22-,23+,24-,25+,26+,27+/m1/s1. The van der Waals surface area contributed by atoms with Crippen LogP contribution in [0.2, 0.25) is 0 Å². The Labute approximate surface area is 205 Å². The minimum Gasteiger partial charge on any atom is -0.387 e. The number of ketones is 3. The number of carbonyl (C=O) groups is 3. The number of Topliss-reactive ketones (excluding diaryl/α,β-unsaturated/α-hetero) is 3. The highest BCUT2D eigenvalue weighted by Crippen LogP contribution is 2.47. The summed E-state index contributed by atoms with van der Waals surface area (Å²) in [5.41, 5.74) is -11.5. The molecule has 1 saturated carbocycles. The molecular weight excluding hydrogens is 468 g/mol. The number of benzene rings is 3. The molecule has 6 atom stereocenters. The predicted molar refractivity (Wildman–Crippen MR) is 125 cm³/mol. The van der Waals surface area contributed by atoms with Gasteiger partial charge in [0.1, 0.15) is 18.3 Å². The fourth-order valence-corrected chi connectivity index (χ4v) is 4.69. The number of aliphatic hydroxyl groups is 6. The van der Waals surface area contributed by atoms with Crippen LogP contribution in [-0.4, -0.2) is 83.1 Å². The Morgan fingerprint density at radius 3 is 1.22 bits per heavy atom. The van der Waals surface area contributed by atoms with E-state index in [1.807, 2.05) is 0 Å². The Hall–Kier alpha value is -3.57. The molecule has 1 fully saturated rings. The van der Waals surface area contributed by atoms with Gasteiger partial charge in [0.2, 0.25) is 11.6 Å². The zero-order chi connectivity index (χ0) is 26.3. The normalized spacial score (nSPS) is 32.0. The molecular formula is C27H24O9. The third-order valence-corrected chi connectivity index (χ3v) is 6.74. The van der Waals surface area contributed by atoms with Gasteiger partial charge >= 0.3 is 0 Å². The van der Waals surface area contributed by atoms with E-state index in [0.29, 0.717) is 0 Å². The fraction of sp³-hybridized carbons (Fsp3) is 0.222. The van der Waals surface area contributed by atoms with Crippen LogP contribution < -0.4 is 0 Å². The molecule has 0 aromatic heterocycles. The Balaban J connectivity index is 1.97. The van der Waals surface area contributed by atoms with Crippen LogP contribution in [0.1, 0.15) is 31.1 Å². The molecule has 36 heavy (non-hydrogen) atoms. The molecule has 0 unspecified atom stereocenters. The number of rotatable bonds is 6. The van der Waals surface area contributed by atoms with Crippen molar-refractivity contribution in [2.24, 2.45) is 0 Å². The Morgan fingerprint density at radius 1 is 0.500 bits per heavy atom. The van der Waals surface area contributed by atoms with Crippen molar-refractivity contribution < 1.29 is 45.0 Å². The maximum absolute atomic E-state index is 13.6. The zero-order valence-corrected chi connectivity index (χ0v) is 18.8. The summed E-state index contributed by atoms with van der Waals surface area (Å²) in [5, 5.41) is 68.0. The molecule has 0 saturated heterocycles. The summed E-state index contributed by atoms with van der Waals surface area (Å²) < 4.78 is 0. The van der Waals surface area contributed by atoms with Crippen LogP contribution in [0, 0.1) is 0 Å². The van der Waals surface area contributed by atoms with E-state index < -0.39 is 52.5 Å². The lowest BCUT2D eigenvalue weighted by molar-refractivity contribution is -0.293. The molecule has 0 aliphatic heterocycles. The molecule has 6 N–H and O–H groups in total. The molecule has 3 aromatic carbocycles. The van der Waals surface area contributed by atoms with E-state index >= 15 is 0 Å². The van der Waals surface area contributed by atoms with Gasteiger partial charge in [0.15, 0.2) is 22.6 Å². The van der Waals surface area contributed by atoms with Gasteiger partial charge in [-0.3, -0.25) is 14.4 Å². The first-order chi connectivity index (χ1) is 17.0. The van der Waals surface area contributed by atoms with Gasteiger partial charge in [-0.05, 0) is 0 Å². The Bertz CT molecular complexity index is 1280. The first-order valence-electron chi connectivity index (χ1n) is 11.0. The Kier molecular flexibility index (Phi) is 6.48. The van der Waals surface area contributed by atoms with E-state index in [1.165, 1.54) is 78.9 Å². The van der Waals surface area contributed by atoms with Crippen LogP contribution in [-0.2, 0) is 0 Å². The van der Waals surface area contributed by atoms with E-state index in [-0.39, 0.29) is 16.7 Å². The fourth-order valence-electron chi connectivity index (χ4n) is 4.69. The number of hydrogen-bond donors (Lipinski definition) is 6. The highest BCUT2D eigenvalue weighted by molar-refractivity contribution is 6.15. The predicted octanol–water partition coefficient (Wildman–Crippen LogP) is -0.0753. The minimum atomic E-state index is -3.68. The molecule has 4 rings (SSSR count). The minimum absolute atomic E-state index is 0.236. The van der Waals surface area contributed by atoms with Crippen molar-refractivity contribution in [2.75, 3.05) is 0 Å². The highest BCUT2D eigenvalue weighted by atomic mass is 16.5. The second kappa shape index (κ2) is 9.14. The third-order valence-electron chi connectivity index (χ3n) is 6.74. The van der Waals surface area contributed by atoms with Crippen molar-refractivity contribution in [1.82, 2.24) is 0 Å². The first kappa shape index (κ1) is 25.5. The van der Waals surface area contributed by atoms with Crippen molar-refractivity contribution in [3.63, 3.8) is 0 Å². The molecule has 186 valence electrons. The van der Waals surface area contributed by atoms with Gasteiger partial charge in [-0.25, -0.2) is 0 Å². The summed E-state index contributed by atoms with van der Waals surface area (Å²) in [5.74, 6) is -4.24. The van der Waals surface area contributed by atoms with Gasteiger partial charge in [0, 0.05) is 16.7 Å². The topological polar surface area (TPSA) is 173 Å². The molecule has 0 bridgehead atoms.